The summed E-state index contributed by atoms with van der Waals surface area (Å²) in [7, 11) is 0. The summed E-state index contributed by atoms with van der Waals surface area (Å²) in [6, 6.07) is 2.64. The first-order valence-electron chi connectivity index (χ1n) is 5.65. The topological polar surface area (TPSA) is 55.1 Å². The highest BCUT2D eigenvalue weighted by atomic mass is 35.5. The van der Waals surface area contributed by atoms with Gasteiger partial charge in [-0.15, -0.1) is 0 Å². The van der Waals surface area contributed by atoms with E-state index in [1.165, 1.54) is 0 Å². The third kappa shape index (κ3) is 3.39. The van der Waals surface area contributed by atoms with Crippen molar-refractivity contribution in [3.8, 4) is 0 Å². The Morgan fingerprint density at radius 1 is 1.42 bits per heavy atom. The molecule has 104 valence electrons. The molecule has 1 amide bonds. The molecule has 1 aromatic carbocycles. The van der Waals surface area contributed by atoms with Gasteiger partial charge < -0.3 is 11.1 Å². The van der Waals surface area contributed by atoms with E-state index in [4.69, 9.17) is 17.3 Å². The zero-order valence-electron chi connectivity index (χ0n) is 9.85. The second-order valence-corrected chi connectivity index (χ2v) is 5.14. The molecule has 0 atom stereocenters. The molecule has 0 spiro atoms. The van der Waals surface area contributed by atoms with Crippen LogP contribution in [0.15, 0.2) is 18.2 Å². The quantitative estimate of drug-likeness (QED) is 0.899. The summed E-state index contributed by atoms with van der Waals surface area (Å²) < 4.78 is 37.3. The lowest BCUT2D eigenvalue weighted by atomic mass is 10.1. The standard InChI is InChI=1S/C12H12ClF3N2O/c13-9-5-7(12(14,15)16)1-2-8(9)10(19)18-6-11(17)3-4-11/h1-2,5H,3-4,6,17H2,(H,18,19). The third-order valence-electron chi connectivity index (χ3n) is 3.03. The largest absolute Gasteiger partial charge is 0.416 e. The summed E-state index contributed by atoms with van der Waals surface area (Å²) in [5, 5.41) is 2.34. The van der Waals surface area contributed by atoms with Crippen molar-refractivity contribution >= 4 is 17.5 Å². The Labute approximate surface area is 112 Å². The fourth-order valence-electron chi connectivity index (χ4n) is 1.56. The normalized spacial score (nSPS) is 17.1. The number of hydrogen-bond donors (Lipinski definition) is 2. The molecular weight excluding hydrogens is 281 g/mol. The van der Waals surface area contributed by atoms with E-state index in [0.29, 0.717) is 6.54 Å². The second-order valence-electron chi connectivity index (χ2n) is 4.74. The zero-order chi connectivity index (χ0) is 14.3. The Balaban J connectivity index is 2.09. The van der Waals surface area contributed by atoms with Gasteiger partial charge in [0.25, 0.3) is 5.91 Å². The van der Waals surface area contributed by atoms with E-state index in [0.717, 1.165) is 31.0 Å². The number of rotatable bonds is 3. The van der Waals surface area contributed by atoms with Crippen LogP contribution in [0.25, 0.3) is 0 Å². The minimum absolute atomic E-state index is 0.0129. The SMILES string of the molecule is NC1(CNC(=O)c2ccc(C(F)(F)F)cc2Cl)CC1. The molecule has 0 bridgehead atoms. The van der Waals surface area contributed by atoms with Gasteiger partial charge >= 0.3 is 6.18 Å². The minimum atomic E-state index is -4.48. The van der Waals surface area contributed by atoms with Crippen molar-refractivity contribution in [1.82, 2.24) is 5.32 Å². The molecule has 19 heavy (non-hydrogen) atoms. The van der Waals surface area contributed by atoms with Crippen LogP contribution >= 0.6 is 11.6 Å². The van der Waals surface area contributed by atoms with Gasteiger partial charge in [0, 0.05) is 12.1 Å². The number of carbonyl (C=O) groups is 1. The maximum absolute atomic E-state index is 12.4. The minimum Gasteiger partial charge on any atom is -0.350 e. The highest BCUT2D eigenvalue weighted by molar-refractivity contribution is 6.33. The van der Waals surface area contributed by atoms with Gasteiger partial charge in [0.2, 0.25) is 0 Å². The maximum atomic E-state index is 12.4. The Morgan fingerprint density at radius 2 is 2.05 bits per heavy atom. The van der Waals surface area contributed by atoms with Crippen molar-refractivity contribution < 1.29 is 18.0 Å². The molecule has 0 aromatic heterocycles. The van der Waals surface area contributed by atoms with E-state index in [1.54, 1.807) is 0 Å². The van der Waals surface area contributed by atoms with Crippen LogP contribution in [0.3, 0.4) is 0 Å². The van der Waals surface area contributed by atoms with Gasteiger partial charge in [-0.2, -0.15) is 13.2 Å². The number of carbonyl (C=O) groups excluding carboxylic acids is 1. The average Bonchev–Trinajstić information content (AvgIpc) is 3.03. The highest BCUT2D eigenvalue weighted by Gasteiger charge is 2.38. The van der Waals surface area contributed by atoms with Gasteiger partial charge in [-0.3, -0.25) is 4.79 Å². The Morgan fingerprint density at radius 3 is 2.53 bits per heavy atom. The summed E-state index contributed by atoms with van der Waals surface area (Å²) in [5.41, 5.74) is 4.56. The number of amides is 1. The van der Waals surface area contributed by atoms with E-state index in [2.05, 4.69) is 5.32 Å². The van der Waals surface area contributed by atoms with E-state index in [1.807, 2.05) is 0 Å². The first-order valence-corrected chi connectivity index (χ1v) is 6.03. The van der Waals surface area contributed by atoms with Crippen molar-refractivity contribution in [1.29, 1.82) is 0 Å². The van der Waals surface area contributed by atoms with Crippen molar-refractivity contribution in [3.05, 3.63) is 34.3 Å². The van der Waals surface area contributed by atoms with E-state index >= 15 is 0 Å². The number of alkyl halides is 3. The van der Waals surface area contributed by atoms with Gasteiger partial charge in [-0.05, 0) is 31.0 Å². The number of halogens is 4. The number of benzene rings is 1. The predicted octanol–water partition coefficient (Wildman–Crippen LogP) is 2.58. The first kappa shape index (κ1) is 14.1. The van der Waals surface area contributed by atoms with Crippen molar-refractivity contribution in [2.75, 3.05) is 6.54 Å². The van der Waals surface area contributed by atoms with E-state index < -0.39 is 17.6 Å². The lowest BCUT2D eigenvalue weighted by Gasteiger charge is -2.12. The van der Waals surface area contributed by atoms with Crippen LogP contribution in [0.4, 0.5) is 13.2 Å². The van der Waals surface area contributed by atoms with Gasteiger partial charge in [-0.1, -0.05) is 11.6 Å². The lowest BCUT2D eigenvalue weighted by molar-refractivity contribution is -0.137. The molecule has 0 saturated heterocycles. The highest BCUT2D eigenvalue weighted by Crippen LogP contribution is 2.33. The molecule has 3 N–H and O–H groups in total. The number of nitrogens with one attached hydrogen (secondary N) is 1. The molecule has 1 aromatic rings. The van der Waals surface area contributed by atoms with Crippen LogP contribution in [0.2, 0.25) is 5.02 Å². The van der Waals surface area contributed by atoms with Gasteiger partial charge in [0.15, 0.2) is 0 Å². The van der Waals surface area contributed by atoms with Crippen LogP contribution in [-0.4, -0.2) is 18.0 Å². The second kappa shape index (κ2) is 4.68. The summed E-state index contributed by atoms with van der Waals surface area (Å²) >= 11 is 5.70. The number of hydrogen-bond acceptors (Lipinski definition) is 2. The van der Waals surface area contributed by atoms with E-state index in [-0.39, 0.29) is 16.1 Å². The molecule has 0 unspecified atom stereocenters. The fourth-order valence-corrected chi connectivity index (χ4v) is 1.83. The molecule has 1 aliphatic carbocycles. The van der Waals surface area contributed by atoms with Crippen LogP contribution in [-0.2, 0) is 6.18 Å². The monoisotopic (exact) mass is 292 g/mol. The zero-order valence-corrected chi connectivity index (χ0v) is 10.6. The smallest absolute Gasteiger partial charge is 0.350 e. The van der Waals surface area contributed by atoms with Gasteiger partial charge in [0.1, 0.15) is 0 Å². The summed E-state index contributed by atoms with van der Waals surface area (Å²) in [6.45, 7) is 0.295. The lowest BCUT2D eigenvalue weighted by Crippen LogP contribution is -2.39. The molecular formula is C12H12ClF3N2O. The predicted molar refractivity (Wildman–Crippen MR) is 64.9 cm³/mol. The summed E-state index contributed by atoms with van der Waals surface area (Å²) in [5.74, 6) is -0.518. The van der Waals surface area contributed by atoms with Crippen molar-refractivity contribution in [2.45, 2.75) is 24.6 Å². The molecule has 0 radical (unpaired) electrons. The van der Waals surface area contributed by atoms with Gasteiger partial charge in [-0.25, -0.2) is 0 Å². The molecule has 0 heterocycles. The number of nitrogens with two attached hydrogens (primary N) is 1. The summed E-state index contributed by atoms with van der Waals surface area (Å²) in [6.07, 6.45) is -2.82. The molecule has 3 nitrogen and oxygen atoms in total. The van der Waals surface area contributed by atoms with Gasteiger partial charge in [0.05, 0.1) is 16.1 Å². The van der Waals surface area contributed by atoms with E-state index in [9.17, 15) is 18.0 Å². The molecule has 7 heteroatoms. The van der Waals surface area contributed by atoms with Crippen molar-refractivity contribution in [3.63, 3.8) is 0 Å². The maximum Gasteiger partial charge on any atom is 0.416 e. The van der Waals surface area contributed by atoms with Crippen molar-refractivity contribution in [2.24, 2.45) is 5.73 Å². The average molecular weight is 293 g/mol. The fraction of sp³-hybridized carbons (Fsp3) is 0.417. The van der Waals surface area contributed by atoms with Crippen LogP contribution < -0.4 is 11.1 Å². The van der Waals surface area contributed by atoms with Crippen LogP contribution in [0, 0.1) is 0 Å². The third-order valence-corrected chi connectivity index (χ3v) is 3.35. The Kier molecular flexibility index (Phi) is 3.49. The molecule has 1 fully saturated rings. The van der Waals surface area contributed by atoms with Crippen LogP contribution in [0.1, 0.15) is 28.8 Å². The first-order chi connectivity index (χ1) is 8.71. The molecule has 2 rings (SSSR count). The molecule has 0 aliphatic heterocycles. The molecule has 1 aliphatic rings. The Bertz CT molecular complexity index is 512. The van der Waals surface area contributed by atoms with Crippen LogP contribution in [0.5, 0.6) is 0 Å². The Hall–Kier alpha value is -1.27. The molecule has 1 saturated carbocycles. The summed E-state index contributed by atoms with van der Waals surface area (Å²) in [4.78, 5) is 11.8.